The third-order valence-corrected chi connectivity index (χ3v) is 6.31. The van der Waals surface area contributed by atoms with Crippen LogP contribution in [0, 0.1) is 5.82 Å². The molecular formula is C24H24ClFN2O4S. The van der Waals surface area contributed by atoms with Crippen molar-refractivity contribution < 1.29 is 22.3 Å². The van der Waals surface area contributed by atoms with Crippen LogP contribution in [0.4, 0.5) is 10.1 Å². The number of carbonyl (C=O) groups excluding carboxylic acids is 1. The summed E-state index contributed by atoms with van der Waals surface area (Å²) in [6.07, 6.45) is 1.06. The topological polar surface area (TPSA) is 75.7 Å². The number of ether oxygens (including phenoxy) is 1. The second-order valence-electron chi connectivity index (χ2n) is 7.48. The van der Waals surface area contributed by atoms with Gasteiger partial charge < -0.3 is 10.1 Å². The molecule has 0 spiro atoms. The number of sulfonamides is 1. The van der Waals surface area contributed by atoms with E-state index in [0.29, 0.717) is 16.5 Å². The van der Waals surface area contributed by atoms with Gasteiger partial charge in [-0.2, -0.15) is 0 Å². The summed E-state index contributed by atoms with van der Waals surface area (Å²) in [5, 5.41) is 3.46. The number of hydrogen-bond donors (Lipinski definition) is 1. The molecule has 9 heteroatoms. The van der Waals surface area contributed by atoms with E-state index in [1.807, 2.05) is 19.1 Å². The second-order valence-corrected chi connectivity index (χ2v) is 9.83. The molecule has 0 aliphatic carbocycles. The maximum Gasteiger partial charge on any atom is 0.258 e. The van der Waals surface area contributed by atoms with Crippen LogP contribution in [0.2, 0.25) is 5.02 Å². The third-order valence-electron chi connectivity index (χ3n) is 4.91. The van der Waals surface area contributed by atoms with Crippen molar-refractivity contribution in [2.45, 2.75) is 19.5 Å². The van der Waals surface area contributed by atoms with Crippen LogP contribution in [-0.4, -0.2) is 27.2 Å². The van der Waals surface area contributed by atoms with E-state index in [1.165, 1.54) is 12.1 Å². The predicted molar refractivity (Wildman–Crippen MR) is 127 cm³/mol. The molecule has 3 aromatic carbocycles. The van der Waals surface area contributed by atoms with Crippen molar-refractivity contribution in [1.82, 2.24) is 5.32 Å². The molecule has 0 fully saturated rings. The zero-order valence-electron chi connectivity index (χ0n) is 18.2. The number of hydrogen-bond acceptors (Lipinski definition) is 4. The van der Waals surface area contributed by atoms with Crippen LogP contribution in [0.15, 0.2) is 72.8 Å². The van der Waals surface area contributed by atoms with E-state index in [9.17, 15) is 17.6 Å². The molecule has 174 valence electrons. The first kappa shape index (κ1) is 24.5. The van der Waals surface area contributed by atoms with Crippen molar-refractivity contribution in [1.29, 1.82) is 0 Å². The van der Waals surface area contributed by atoms with E-state index < -0.39 is 15.8 Å². The molecule has 1 atom stereocenters. The summed E-state index contributed by atoms with van der Waals surface area (Å²) in [6.45, 7) is 1.50. The predicted octanol–water partition coefficient (Wildman–Crippen LogP) is 4.70. The zero-order chi connectivity index (χ0) is 24.0. The molecule has 0 heterocycles. The molecule has 3 aromatic rings. The van der Waals surface area contributed by atoms with Crippen LogP contribution >= 0.6 is 11.6 Å². The molecule has 1 N–H and O–H groups in total. The molecule has 0 saturated heterocycles. The Morgan fingerprint density at radius 3 is 2.30 bits per heavy atom. The van der Waals surface area contributed by atoms with E-state index in [2.05, 4.69) is 5.32 Å². The van der Waals surface area contributed by atoms with Crippen molar-refractivity contribution in [2.75, 3.05) is 17.2 Å². The summed E-state index contributed by atoms with van der Waals surface area (Å²) in [4.78, 5) is 12.2. The Morgan fingerprint density at radius 1 is 1.06 bits per heavy atom. The summed E-state index contributed by atoms with van der Waals surface area (Å²) >= 11 is 5.88. The Morgan fingerprint density at radius 2 is 1.70 bits per heavy atom. The fraction of sp³-hybridized carbons (Fsp3) is 0.208. The standard InChI is InChI=1S/C24H24ClFN2O4S/c1-17(18-7-9-20(25)10-8-18)27-24(29)16-32-22-13-11-21(12-14-22)28(33(2,30)31)15-19-5-3-4-6-23(19)26/h3-14,17H,15-16H2,1-2H3,(H,27,29). The highest BCUT2D eigenvalue weighted by atomic mass is 35.5. The van der Waals surface area contributed by atoms with Gasteiger partial charge in [-0.1, -0.05) is 41.9 Å². The second kappa shape index (κ2) is 10.7. The van der Waals surface area contributed by atoms with Gasteiger partial charge in [0.05, 0.1) is 24.5 Å². The van der Waals surface area contributed by atoms with Crippen molar-refractivity contribution in [3.8, 4) is 5.75 Å². The fourth-order valence-corrected chi connectivity index (χ4v) is 4.16. The van der Waals surface area contributed by atoms with Crippen LogP contribution in [0.1, 0.15) is 24.1 Å². The lowest BCUT2D eigenvalue weighted by molar-refractivity contribution is -0.123. The molecule has 0 bridgehead atoms. The van der Waals surface area contributed by atoms with E-state index in [0.717, 1.165) is 16.1 Å². The lowest BCUT2D eigenvalue weighted by Gasteiger charge is -2.23. The van der Waals surface area contributed by atoms with Crippen LogP contribution in [0.3, 0.4) is 0 Å². The first-order valence-electron chi connectivity index (χ1n) is 10.1. The van der Waals surface area contributed by atoms with Gasteiger partial charge in [0.1, 0.15) is 11.6 Å². The lowest BCUT2D eigenvalue weighted by atomic mass is 10.1. The average Bonchev–Trinajstić information content (AvgIpc) is 2.77. The van der Waals surface area contributed by atoms with Gasteiger partial charge in [0.15, 0.2) is 6.61 Å². The highest BCUT2D eigenvalue weighted by Gasteiger charge is 2.19. The van der Waals surface area contributed by atoms with Gasteiger partial charge in [-0.15, -0.1) is 0 Å². The summed E-state index contributed by atoms with van der Waals surface area (Å²) in [7, 11) is -3.66. The molecule has 1 amide bonds. The largest absolute Gasteiger partial charge is 0.484 e. The molecule has 6 nitrogen and oxygen atoms in total. The minimum Gasteiger partial charge on any atom is -0.484 e. The van der Waals surface area contributed by atoms with Crippen LogP contribution in [-0.2, 0) is 21.4 Å². The van der Waals surface area contributed by atoms with Gasteiger partial charge in [-0.05, 0) is 55.0 Å². The SMILES string of the molecule is CC(NC(=O)COc1ccc(N(Cc2ccccc2F)S(C)(=O)=O)cc1)c1ccc(Cl)cc1. The minimum absolute atomic E-state index is 0.142. The van der Waals surface area contributed by atoms with Crippen molar-refractivity contribution >= 4 is 33.2 Å². The Balaban J connectivity index is 1.61. The first-order chi connectivity index (χ1) is 15.6. The number of nitrogens with one attached hydrogen (secondary N) is 1. The van der Waals surface area contributed by atoms with E-state index in [4.69, 9.17) is 16.3 Å². The monoisotopic (exact) mass is 490 g/mol. The first-order valence-corrected chi connectivity index (χ1v) is 12.3. The lowest BCUT2D eigenvalue weighted by Crippen LogP contribution is -2.31. The fourth-order valence-electron chi connectivity index (χ4n) is 3.16. The molecule has 1 unspecified atom stereocenters. The molecule has 0 aromatic heterocycles. The van der Waals surface area contributed by atoms with Crippen LogP contribution in [0.5, 0.6) is 5.75 Å². The van der Waals surface area contributed by atoms with Crippen LogP contribution in [0.25, 0.3) is 0 Å². The van der Waals surface area contributed by atoms with Gasteiger partial charge in [0, 0.05) is 10.6 Å². The molecule has 0 aliphatic heterocycles. The Bertz CT molecular complexity index is 1200. The quantitative estimate of drug-likeness (QED) is 0.471. The van der Waals surface area contributed by atoms with Gasteiger partial charge in [0.2, 0.25) is 10.0 Å². The Kier molecular flexibility index (Phi) is 7.94. The Labute approximate surface area is 198 Å². The highest BCUT2D eigenvalue weighted by Crippen LogP contribution is 2.24. The summed E-state index contributed by atoms with van der Waals surface area (Å²) in [6, 6.07) is 19.2. The maximum absolute atomic E-state index is 14.0. The molecule has 0 saturated carbocycles. The molecular weight excluding hydrogens is 467 g/mol. The van der Waals surface area contributed by atoms with Gasteiger partial charge in [-0.25, -0.2) is 12.8 Å². The maximum atomic E-state index is 14.0. The number of nitrogens with zero attached hydrogens (tertiary/aromatic N) is 1. The number of halogens is 2. The normalized spacial score (nSPS) is 12.1. The molecule has 3 rings (SSSR count). The summed E-state index contributed by atoms with van der Waals surface area (Å²) in [5.74, 6) is -0.392. The van der Waals surface area contributed by atoms with E-state index >= 15 is 0 Å². The van der Waals surface area contributed by atoms with Crippen molar-refractivity contribution in [2.24, 2.45) is 0 Å². The average molecular weight is 491 g/mol. The number of carbonyl (C=O) groups is 1. The number of rotatable bonds is 9. The minimum atomic E-state index is -3.66. The van der Waals surface area contributed by atoms with E-state index in [-0.39, 0.29) is 30.7 Å². The van der Waals surface area contributed by atoms with Gasteiger partial charge >= 0.3 is 0 Å². The Hall–Kier alpha value is -3.10. The molecule has 33 heavy (non-hydrogen) atoms. The number of benzene rings is 3. The van der Waals surface area contributed by atoms with Gasteiger partial charge in [0.25, 0.3) is 5.91 Å². The van der Waals surface area contributed by atoms with Crippen molar-refractivity contribution in [3.63, 3.8) is 0 Å². The van der Waals surface area contributed by atoms with Crippen LogP contribution < -0.4 is 14.4 Å². The number of anilines is 1. The third kappa shape index (κ3) is 6.94. The van der Waals surface area contributed by atoms with Gasteiger partial charge in [-0.3, -0.25) is 9.10 Å². The smallest absolute Gasteiger partial charge is 0.258 e. The zero-order valence-corrected chi connectivity index (χ0v) is 19.7. The van der Waals surface area contributed by atoms with E-state index in [1.54, 1.807) is 48.5 Å². The molecule has 0 aliphatic rings. The summed E-state index contributed by atoms with van der Waals surface area (Å²) < 4.78 is 45.2. The number of amides is 1. The summed E-state index contributed by atoms with van der Waals surface area (Å²) in [5.41, 5.74) is 1.52. The molecule has 0 radical (unpaired) electrons. The highest BCUT2D eigenvalue weighted by molar-refractivity contribution is 7.92. The van der Waals surface area contributed by atoms with Crippen molar-refractivity contribution in [3.05, 3.63) is 94.8 Å².